The average Bonchev–Trinajstić information content (AvgIpc) is 2.34. The summed E-state index contributed by atoms with van der Waals surface area (Å²) in [6, 6.07) is 6.63. The number of aryl methyl sites for hydroxylation is 1. The van der Waals surface area contributed by atoms with Crippen LogP contribution < -0.4 is 5.32 Å². The van der Waals surface area contributed by atoms with Gasteiger partial charge in [0, 0.05) is 12.1 Å². The summed E-state index contributed by atoms with van der Waals surface area (Å²) in [6.45, 7) is 3.01. The molecule has 2 N–H and O–H groups in total. The quantitative estimate of drug-likeness (QED) is 0.848. The van der Waals surface area contributed by atoms with Crippen LogP contribution in [0.2, 0.25) is 0 Å². The van der Waals surface area contributed by atoms with Crippen LogP contribution in [-0.2, 0) is 6.42 Å². The lowest BCUT2D eigenvalue weighted by molar-refractivity contribution is -0.132. The number of hydrogen-bond donors (Lipinski definition) is 2. The summed E-state index contributed by atoms with van der Waals surface area (Å²) in [6.07, 6.45) is -4.06. The Hall–Kier alpha value is -1.56. The van der Waals surface area contributed by atoms with E-state index in [9.17, 15) is 23.1 Å². The first-order chi connectivity index (χ1) is 9.57. The first-order valence-electron chi connectivity index (χ1n) is 6.73. The van der Waals surface area contributed by atoms with E-state index in [1.165, 1.54) is 0 Å². The lowest BCUT2D eigenvalue weighted by Gasteiger charge is -2.16. The van der Waals surface area contributed by atoms with Crippen molar-refractivity contribution >= 4 is 5.91 Å². The lowest BCUT2D eigenvalue weighted by atomic mass is 9.98. The van der Waals surface area contributed by atoms with E-state index in [0.717, 1.165) is 5.56 Å². The lowest BCUT2D eigenvalue weighted by Crippen LogP contribution is -2.27. The minimum absolute atomic E-state index is 0.323. The first-order valence-corrected chi connectivity index (χ1v) is 6.73. The fourth-order valence-corrected chi connectivity index (χ4v) is 1.69. The molecular formula is C15H20F3NO2. The molecule has 1 aromatic rings. The topological polar surface area (TPSA) is 49.3 Å². The molecule has 0 fully saturated rings. The van der Waals surface area contributed by atoms with Crippen LogP contribution in [0.1, 0.15) is 42.6 Å². The second-order valence-corrected chi connectivity index (χ2v) is 5.63. The second kappa shape index (κ2) is 6.93. The largest absolute Gasteiger partial charge is 0.390 e. The number of hydrogen-bond acceptors (Lipinski definition) is 2. The van der Waals surface area contributed by atoms with Crippen LogP contribution in [0, 0.1) is 0 Å². The molecule has 0 aromatic heterocycles. The Labute approximate surface area is 122 Å². The SMILES string of the molecule is CC(C)(O)CCc1ccc(C(=O)NCCC(F)(F)F)cc1. The third-order valence-electron chi connectivity index (χ3n) is 2.94. The third-order valence-corrected chi connectivity index (χ3v) is 2.94. The van der Waals surface area contributed by atoms with Crippen molar-refractivity contribution in [3.05, 3.63) is 35.4 Å². The highest BCUT2D eigenvalue weighted by molar-refractivity contribution is 5.94. The number of carbonyl (C=O) groups is 1. The highest BCUT2D eigenvalue weighted by Crippen LogP contribution is 2.18. The predicted octanol–water partition coefficient (Wildman–Crippen LogP) is 3.07. The molecule has 0 heterocycles. The van der Waals surface area contributed by atoms with Crippen molar-refractivity contribution in [2.45, 2.75) is 44.9 Å². The van der Waals surface area contributed by atoms with E-state index >= 15 is 0 Å². The Morgan fingerprint density at radius 2 is 1.71 bits per heavy atom. The number of carbonyl (C=O) groups excluding carboxylic acids is 1. The Morgan fingerprint density at radius 1 is 1.14 bits per heavy atom. The zero-order valence-corrected chi connectivity index (χ0v) is 12.1. The van der Waals surface area contributed by atoms with Crippen molar-refractivity contribution in [1.82, 2.24) is 5.32 Å². The van der Waals surface area contributed by atoms with Crippen molar-refractivity contribution in [3.63, 3.8) is 0 Å². The maximum absolute atomic E-state index is 12.0. The Balaban J connectivity index is 2.48. The molecule has 6 heteroatoms. The molecule has 0 spiro atoms. The van der Waals surface area contributed by atoms with Gasteiger partial charge in [0.25, 0.3) is 5.91 Å². The molecular weight excluding hydrogens is 283 g/mol. The van der Waals surface area contributed by atoms with E-state index in [2.05, 4.69) is 5.32 Å². The van der Waals surface area contributed by atoms with Crippen molar-refractivity contribution in [2.75, 3.05) is 6.54 Å². The minimum atomic E-state index is -4.27. The monoisotopic (exact) mass is 303 g/mol. The predicted molar refractivity (Wildman–Crippen MR) is 74.1 cm³/mol. The molecule has 1 amide bonds. The third kappa shape index (κ3) is 7.70. The van der Waals surface area contributed by atoms with Gasteiger partial charge in [-0.2, -0.15) is 13.2 Å². The van der Waals surface area contributed by atoms with Crippen molar-refractivity contribution in [1.29, 1.82) is 0 Å². The molecule has 118 valence electrons. The molecule has 0 radical (unpaired) electrons. The van der Waals surface area contributed by atoms with Crippen molar-refractivity contribution < 1.29 is 23.1 Å². The van der Waals surface area contributed by atoms with Gasteiger partial charge in [-0.05, 0) is 44.4 Å². The van der Waals surface area contributed by atoms with Gasteiger partial charge in [-0.3, -0.25) is 4.79 Å². The molecule has 1 aromatic carbocycles. The summed E-state index contributed by atoms with van der Waals surface area (Å²) in [5, 5.41) is 11.9. The Kier molecular flexibility index (Phi) is 5.78. The summed E-state index contributed by atoms with van der Waals surface area (Å²) in [7, 11) is 0. The standard InChI is InChI=1S/C15H20F3NO2/c1-14(2,21)8-7-11-3-5-12(6-4-11)13(20)19-10-9-15(16,17)18/h3-6,21H,7-10H2,1-2H3,(H,19,20). The maximum atomic E-state index is 12.0. The molecule has 0 aliphatic heterocycles. The number of alkyl halides is 3. The molecule has 21 heavy (non-hydrogen) atoms. The fourth-order valence-electron chi connectivity index (χ4n) is 1.69. The van der Waals surface area contributed by atoms with E-state index in [-0.39, 0.29) is 0 Å². The van der Waals surface area contributed by atoms with Crippen LogP contribution in [0.5, 0.6) is 0 Å². The molecule has 1 rings (SSSR count). The van der Waals surface area contributed by atoms with E-state index in [4.69, 9.17) is 0 Å². The number of benzene rings is 1. The summed E-state index contributed by atoms with van der Waals surface area (Å²) in [5.74, 6) is -0.520. The van der Waals surface area contributed by atoms with Crippen LogP contribution in [0.3, 0.4) is 0 Å². The molecule has 0 saturated heterocycles. The van der Waals surface area contributed by atoms with Gasteiger partial charge >= 0.3 is 6.18 Å². The number of nitrogens with one attached hydrogen (secondary N) is 1. The van der Waals surface area contributed by atoms with Crippen LogP contribution in [0.4, 0.5) is 13.2 Å². The summed E-state index contributed by atoms with van der Waals surface area (Å²) >= 11 is 0. The second-order valence-electron chi connectivity index (χ2n) is 5.63. The van der Waals surface area contributed by atoms with E-state index < -0.39 is 30.7 Å². The zero-order valence-electron chi connectivity index (χ0n) is 12.1. The number of halogens is 3. The van der Waals surface area contributed by atoms with Gasteiger partial charge in [-0.1, -0.05) is 12.1 Å². The van der Waals surface area contributed by atoms with Gasteiger partial charge in [0.15, 0.2) is 0 Å². The zero-order chi connectivity index (χ0) is 16.1. The fraction of sp³-hybridized carbons (Fsp3) is 0.533. The number of rotatable bonds is 6. The Morgan fingerprint density at radius 3 is 2.19 bits per heavy atom. The minimum Gasteiger partial charge on any atom is -0.390 e. The Bertz CT molecular complexity index is 461. The van der Waals surface area contributed by atoms with Gasteiger partial charge in [-0.15, -0.1) is 0 Å². The molecule has 0 bridgehead atoms. The maximum Gasteiger partial charge on any atom is 0.390 e. The van der Waals surface area contributed by atoms with Crippen LogP contribution in [-0.4, -0.2) is 29.3 Å². The molecule has 0 unspecified atom stereocenters. The van der Waals surface area contributed by atoms with Gasteiger partial charge < -0.3 is 10.4 Å². The van der Waals surface area contributed by atoms with Crippen LogP contribution in [0.15, 0.2) is 24.3 Å². The van der Waals surface area contributed by atoms with Gasteiger partial charge in [0.1, 0.15) is 0 Å². The van der Waals surface area contributed by atoms with Crippen molar-refractivity contribution in [3.8, 4) is 0 Å². The summed E-state index contributed by atoms with van der Waals surface area (Å²) < 4.78 is 35.9. The average molecular weight is 303 g/mol. The highest BCUT2D eigenvalue weighted by atomic mass is 19.4. The molecule has 3 nitrogen and oxygen atoms in total. The molecule has 0 aliphatic carbocycles. The van der Waals surface area contributed by atoms with Gasteiger partial charge in [-0.25, -0.2) is 0 Å². The smallest absolute Gasteiger partial charge is 0.390 e. The normalized spacial score (nSPS) is 12.3. The summed E-state index contributed by atoms with van der Waals surface area (Å²) in [4.78, 5) is 11.6. The van der Waals surface area contributed by atoms with Crippen LogP contribution >= 0.6 is 0 Å². The van der Waals surface area contributed by atoms with Crippen LogP contribution in [0.25, 0.3) is 0 Å². The van der Waals surface area contributed by atoms with E-state index in [1.807, 2.05) is 0 Å². The van der Waals surface area contributed by atoms with Gasteiger partial charge in [0.05, 0.1) is 12.0 Å². The molecule has 0 atom stereocenters. The van der Waals surface area contributed by atoms with E-state index in [1.54, 1.807) is 38.1 Å². The van der Waals surface area contributed by atoms with Crippen molar-refractivity contribution in [2.24, 2.45) is 0 Å². The van der Waals surface area contributed by atoms with E-state index in [0.29, 0.717) is 18.4 Å². The molecule has 0 saturated carbocycles. The number of aliphatic hydroxyl groups is 1. The first kappa shape index (κ1) is 17.5. The summed E-state index contributed by atoms with van der Waals surface area (Å²) in [5.41, 5.74) is 0.529. The molecule has 0 aliphatic rings. The number of amides is 1. The highest BCUT2D eigenvalue weighted by Gasteiger charge is 2.26. The van der Waals surface area contributed by atoms with Gasteiger partial charge in [0.2, 0.25) is 0 Å².